The third-order valence-corrected chi connectivity index (χ3v) is 4.92. The lowest BCUT2D eigenvalue weighted by Crippen LogP contribution is -2.44. The molecule has 2 unspecified atom stereocenters. The third-order valence-electron chi connectivity index (χ3n) is 4.03. The molecule has 112 valence electrons. The number of nitrogens with zero attached hydrogens (tertiary/aromatic N) is 1. The van der Waals surface area contributed by atoms with Crippen molar-refractivity contribution in [1.29, 1.82) is 0 Å². The van der Waals surface area contributed by atoms with E-state index in [2.05, 4.69) is 10.3 Å². The predicted octanol–water partition coefficient (Wildman–Crippen LogP) is 2.65. The standard InChI is InChI=1S/C15H19N3O2S/c16-7-10-3-1-2-4-12(10)17-14(19)13-9-21-15(18-13)11-5-6-20-8-11/h5-6,8-10,12H,1-4,7,16H2,(H,17,19). The lowest BCUT2D eigenvalue weighted by atomic mass is 9.84. The minimum absolute atomic E-state index is 0.105. The fourth-order valence-electron chi connectivity index (χ4n) is 2.82. The average Bonchev–Trinajstić information content (AvgIpc) is 3.18. The summed E-state index contributed by atoms with van der Waals surface area (Å²) in [7, 11) is 0. The van der Waals surface area contributed by atoms with Crippen LogP contribution in [0.4, 0.5) is 0 Å². The molecule has 0 spiro atoms. The van der Waals surface area contributed by atoms with Gasteiger partial charge in [0.25, 0.3) is 5.91 Å². The van der Waals surface area contributed by atoms with Crippen molar-refractivity contribution >= 4 is 17.2 Å². The van der Waals surface area contributed by atoms with Crippen LogP contribution in [0.3, 0.4) is 0 Å². The molecule has 2 aromatic heterocycles. The monoisotopic (exact) mass is 305 g/mol. The van der Waals surface area contributed by atoms with E-state index in [1.807, 2.05) is 6.07 Å². The second-order valence-electron chi connectivity index (χ2n) is 5.41. The van der Waals surface area contributed by atoms with Gasteiger partial charge in [0.2, 0.25) is 0 Å². The SMILES string of the molecule is NCC1CCCCC1NC(=O)c1csc(-c2ccoc2)n1. The first-order valence-electron chi connectivity index (χ1n) is 7.27. The Morgan fingerprint density at radius 1 is 1.48 bits per heavy atom. The highest BCUT2D eigenvalue weighted by atomic mass is 32.1. The van der Waals surface area contributed by atoms with Crippen LogP contribution in [-0.2, 0) is 0 Å². The predicted molar refractivity (Wildman–Crippen MR) is 82.1 cm³/mol. The van der Waals surface area contributed by atoms with E-state index in [0.717, 1.165) is 29.8 Å². The number of furan rings is 1. The van der Waals surface area contributed by atoms with Gasteiger partial charge in [0.1, 0.15) is 17.0 Å². The summed E-state index contributed by atoms with van der Waals surface area (Å²) >= 11 is 1.45. The molecule has 0 bridgehead atoms. The molecule has 0 saturated heterocycles. The summed E-state index contributed by atoms with van der Waals surface area (Å²) in [5, 5.41) is 5.69. The molecule has 1 amide bonds. The Kier molecular flexibility index (Phi) is 4.36. The first kappa shape index (κ1) is 14.3. The van der Waals surface area contributed by atoms with Gasteiger partial charge in [-0.15, -0.1) is 11.3 Å². The third kappa shape index (κ3) is 3.16. The van der Waals surface area contributed by atoms with Gasteiger partial charge in [-0.1, -0.05) is 12.8 Å². The minimum Gasteiger partial charge on any atom is -0.472 e. The van der Waals surface area contributed by atoms with Gasteiger partial charge in [0.05, 0.1) is 6.26 Å². The van der Waals surface area contributed by atoms with E-state index in [1.165, 1.54) is 17.8 Å². The number of amides is 1. The molecule has 1 fully saturated rings. The lowest BCUT2D eigenvalue weighted by Gasteiger charge is -2.31. The second kappa shape index (κ2) is 6.41. The topological polar surface area (TPSA) is 81.1 Å². The second-order valence-corrected chi connectivity index (χ2v) is 6.27. The maximum absolute atomic E-state index is 12.3. The summed E-state index contributed by atoms with van der Waals surface area (Å²) < 4.78 is 5.04. The van der Waals surface area contributed by atoms with E-state index < -0.39 is 0 Å². The van der Waals surface area contributed by atoms with E-state index >= 15 is 0 Å². The maximum Gasteiger partial charge on any atom is 0.271 e. The molecule has 0 aromatic carbocycles. The smallest absolute Gasteiger partial charge is 0.271 e. The number of carbonyl (C=O) groups excluding carboxylic acids is 1. The van der Waals surface area contributed by atoms with Gasteiger partial charge in [-0.25, -0.2) is 4.98 Å². The van der Waals surface area contributed by atoms with Crippen molar-refractivity contribution < 1.29 is 9.21 Å². The Balaban J connectivity index is 1.68. The number of aromatic nitrogens is 1. The molecule has 6 heteroatoms. The highest BCUT2D eigenvalue weighted by molar-refractivity contribution is 7.13. The van der Waals surface area contributed by atoms with Gasteiger partial charge >= 0.3 is 0 Å². The summed E-state index contributed by atoms with van der Waals surface area (Å²) in [4.78, 5) is 16.7. The number of nitrogens with two attached hydrogens (primary N) is 1. The van der Waals surface area contributed by atoms with Gasteiger partial charge in [-0.2, -0.15) is 0 Å². The zero-order valence-corrected chi connectivity index (χ0v) is 12.6. The first-order valence-corrected chi connectivity index (χ1v) is 8.15. The summed E-state index contributed by atoms with van der Waals surface area (Å²) in [6, 6.07) is 2.02. The van der Waals surface area contributed by atoms with Crippen LogP contribution in [0.5, 0.6) is 0 Å². The van der Waals surface area contributed by atoms with Crippen molar-refractivity contribution in [3.63, 3.8) is 0 Å². The molecule has 1 saturated carbocycles. The fraction of sp³-hybridized carbons (Fsp3) is 0.467. The number of nitrogens with one attached hydrogen (secondary N) is 1. The Morgan fingerprint density at radius 3 is 3.10 bits per heavy atom. The first-order chi connectivity index (χ1) is 10.3. The van der Waals surface area contributed by atoms with Crippen molar-refractivity contribution in [2.24, 2.45) is 11.7 Å². The molecule has 2 atom stereocenters. The largest absolute Gasteiger partial charge is 0.472 e. The van der Waals surface area contributed by atoms with E-state index in [4.69, 9.17) is 10.2 Å². The van der Waals surface area contributed by atoms with Gasteiger partial charge in [0.15, 0.2) is 0 Å². The molecule has 21 heavy (non-hydrogen) atoms. The quantitative estimate of drug-likeness (QED) is 0.910. The number of thiazole rings is 1. The molecule has 5 nitrogen and oxygen atoms in total. The van der Waals surface area contributed by atoms with Crippen molar-refractivity contribution in [3.8, 4) is 10.6 Å². The van der Waals surface area contributed by atoms with Crippen LogP contribution in [0.15, 0.2) is 28.4 Å². The summed E-state index contributed by atoms with van der Waals surface area (Å²) in [6.07, 6.45) is 7.69. The normalized spacial score (nSPS) is 22.1. The molecule has 3 N–H and O–H groups in total. The molecule has 2 heterocycles. The van der Waals surface area contributed by atoms with Crippen LogP contribution in [0, 0.1) is 5.92 Å². The highest BCUT2D eigenvalue weighted by Crippen LogP contribution is 2.26. The maximum atomic E-state index is 12.3. The zero-order valence-electron chi connectivity index (χ0n) is 11.7. The number of carbonyl (C=O) groups is 1. The number of hydrogen-bond acceptors (Lipinski definition) is 5. The molecular formula is C15H19N3O2S. The highest BCUT2D eigenvalue weighted by Gasteiger charge is 2.26. The number of hydrogen-bond donors (Lipinski definition) is 2. The van der Waals surface area contributed by atoms with Crippen LogP contribution in [-0.4, -0.2) is 23.5 Å². The minimum atomic E-state index is -0.105. The molecule has 1 aliphatic carbocycles. The zero-order chi connectivity index (χ0) is 14.7. The fourth-order valence-corrected chi connectivity index (χ4v) is 3.61. The van der Waals surface area contributed by atoms with E-state index in [-0.39, 0.29) is 11.9 Å². The average molecular weight is 305 g/mol. The van der Waals surface area contributed by atoms with Crippen LogP contribution >= 0.6 is 11.3 Å². The summed E-state index contributed by atoms with van der Waals surface area (Å²) in [6.45, 7) is 0.627. The van der Waals surface area contributed by atoms with Crippen molar-refractivity contribution in [2.45, 2.75) is 31.7 Å². The lowest BCUT2D eigenvalue weighted by molar-refractivity contribution is 0.0904. The molecule has 3 rings (SSSR count). The van der Waals surface area contributed by atoms with Crippen molar-refractivity contribution in [1.82, 2.24) is 10.3 Å². The van der Waals surface area contributed by atoms with Crippen LogP contribution < -0.4 is 11.1 Å². The molecule has 0 aliphatic heterocycles. The van der Waals surface area contributed by atoms with E-state index in [1.54, 1.807) is 17.9 Å². The molecule has 2 aromatic rings. The summed E-state index contributed by atoms with van der Waals surface area (Å²) in [5.74, 6) is 0.279. The van der Waals surface area contributed by atoms with Crippen molar-refractivity contribution in [3.05, 3.63) is 29.7 Å². The Hall–Kier alpha value is -1.66. The Bertz CT molecular complexity index is 594. The van der Waals surface area contributed by atoms with Gasteiger partial charge in [-0.05, 0) is 31.4 Å². The van der Waals surface area contributed by atoms with Gasteiger partial charge in [0, 0.05) is 17.0 Å². The van der Waals surface area contributed by atoms with Crippen LogP contribution in [0.1, 0.15) is 36.2 Å². The van der Waals surface area contributed by atoms with Gasteiger partial charge in [-0.3, -0.25) is 4.79 Å². The van der Waals surface area contributed by atoms with E-state index in [9.17, 15) is 4.79 Å². The Labute approximate surface area is 127 Å². The molecule has 1 aliphatic rings. The van der Waals surface area contributed by atoms with Crippen molar-refractivity contribution in [2.75, 3.05) is 6.54 Å². The number of rotatable bonds is 4. The van der Waals surface area contributed by atoms with Crippen LogP contribution in [0.25, 0.3) is 10.6 Å². The summed E-state index contributed by atoms with van der Waals surface area (Å²) in [5.41, 5.74) is 7.17. The molecular weight excluding hydrogens is 286 g/mol. The molecule has 0 radical (unpaired) electrons. The van der Waals surface area contributed by atoms with Gasteiger partial charge < -0.3 is 15.5 Å². The Morgan fingerprint density at radius 2 is 2.33 bits per heavy atom. The van der Waals surface area contributed by atoms with E-state index in [0.29, 0.717) is 18.2 Å². The van der Waals surface area contributed by atoms with Crippen LogP contribution in [0.2, 0.25) is 0 Å².